The molecule has 0 bridgehead atoms. The van der Waals surface area contributed by atoms with Gasteiger partial charge in [0.15, 0.2) is 6.10 Å². The number of unbranched alkanes of at least 4 members (excludes halogenated alkanes) is 1. The first-order valence-corrected chi connectivity index (χ1v) is 7.75. The van der Waals surface area contributed by atoms with Gasteiger partial charge in [0, 0.05) is 0 Å². The monoisotopic (exact) mass is 293 g/mol. The van der Waals surface area contributed by atoms with Gasteiger partial charge in [0.2, 0.25) is 0 Å². The lowest BCUT2D eigenvalue weighted by Crippen LogP contribution is -2.25. The first-order valence-electron chi connectivity index (χ1n) is 6.93. The normalized spacial score (nSPS) is 12.5. The number of carboxylic acid groups (broad SMARTS) is 1. The number of nitrogens with zero attached hydrogens (tertiary/aromatic N) is 1. The van der Waals surface area contributed by atoms with Gasteiger partial charge in [-0.3, -0.25) is 0 Å². The summed E-state index contributed by atoms with van der Waals surface area (Å²) in [6, 6.07) is 5.67. The fourth-order valence-corrected chi connectivity index (χ4v) is 2.99. The van der Waals surface area contributed by atoms with Gasteiger partial charge in [-0.1, -0.05) is 26.3 Å². The van der Waals surface area contributed by atoms with Crippen molar-refractivity contribution in [1.29, 1.82) is 0 Å². The predicted octanol–water partition coefficient (Wildman–Crippen LogP) is 3.88. The molecule has 1 N–H and O–H groups in total. The van der Waals surface area contributed by atoms with Crippen LogP contribution in [0.4, 0.5) is 0 Å². The Morgan fingerprint density at radius 2 is 2.25 bits per heavy atom. The van der Waals surface area contributed by atoms with Gasteiger partial charge in [-0.25, -0.2) is 9.78 Å². The van der Waals surface area contributed by atoms with Gasteiger partial charge in [-0.2, -0.15) is 0 Å². The summed E-state index contributed by atoms with van der Waals surface area (Å²) in [5.74, 6) is -0.373. The molecule has 0 saturated carbocycles. The first kappa shape index (κ1) is 14.8. The standard InChI is InChI=1S/C15H19NO3S/c1-3-5-9-13-16-14-11(7-6-8-12(14)20-13)19-10(4-2)15(17)18/h6-8,10H,3-5,9H2,1-2H3,(H,17,18). The van der Waals surface area contributed by atoms with Crippen molar-refractivity contribution in [1.82, 2.24) is 4.98 Å². The molecule has 1 aromatic heterocycles. The highest BCUT2D eigenvalue weighted by molar-refractivity contribution is 7.18. The molecule has 1 unspecified atom stereocenters. The lowest BCUT2D eigenvalue weighted by molar-refractivity contribution is -0.145. The molecule has 0 aliphatic heterocycles. The van der Waals surface area contributed by atoms with E-state index in [-0.39, 0.29) is 0 Å². The predicted molar refractivity (Wildman–Crippen MR) is 80.6 cm³/mol. The number of rotatable bonds is 7. The van der Waals surface area contributed by atoms with Crippen molar-refractivity contribution in [3.05, 3.63) is 23.2 Å². The maximum Gasteiger partial charge on any atom is 0.344 e. The number of aryl methyl sites for hydroxylation is 1. The van der Waals surface area contributed by atoms with E-state index >= 15 is 0 Å². The number of thiazole rings is 1. The number of carboxylic acids is 1. The zero-order valence-corrected chi connectivity index (χ0v) is 12.6. The van der Waals surface area contributed by atoms with E-state index < -0.39 is 12.1 Å². The van der Waals surface area contributed by atoms with Gasteiger partial charge in [-0.15, -0.1) is 11.3 Å². The van der Waals surface area contributed by atoms with Crippen LogP contribution in [0.2, 0.25) is 0 Å². The SMILES string of the molecule is CCCCc1nc2c(OC(CC)C(=O)O)cccc2s1. The summed E-state index contributed by atoms with van der Waals surface area (Å²) in [7, 11) is 0. The molecule has 0 amide bonds. The van der Waals surface area contributed by atoms with E-state index in [1.807, 2.05) is 12.1 Å². The van der Waals surface area contributed by atoms with Crippen LogP contribution in [-0.4, -0.2) is 22.2 Å². The average Bonchev–Trinajstić information content (AvgIpc) is 2.85. The summed E-state index contributed by atoms with van der Waals surface area (Å²) in [6.07, 6.45) is 2.82. The van der Waals surface area contributed by atoms with Crippen molar-refractivity contribution in [2.45, 2.75) is 45.6 Å². The summed E-state index contributed by atoms with van der Waals surface area (Å²) >= 11 is 1.66. The second kappa shape index (κ2) is 6.70. The van der Waals surface area contributed by atoms with Crippen LogP contribution >= 0.6 is 11.3 Å². The van der Waals surface area contributed by atoms with Crippen molar-refractivity contribution >= 4 is 27.5 Å². The highest BCUT2D eigenvalue weighted by Crippen LogP contribution is 2.31. The Labute approximate surface area is 122 Å². The van der Waals surface area contributed by atoms with E-state index in [2.05, 4.69) is 11.9 Å². The van der Waals surface area contributed by atoms with Crippen molar-refractivity contribution in [3.63, 3.8) is 0 Å². The highest BCUT2D eigenvalue weighted by Gasteiger charge is 2.19. The molecular formula is C15H19NO3S. The Kier molecular flexibility index (Phi) is 4.95. The molecule has 0 fully saturated rings. The molecule has 2 aromatic rings. The minimum Gasteiger partial charge on any atom is -0.479 e. The van der Waals surface area contributed by atoms with Gasteiger partial charge in [0.05, 0.1) is 9.71 Å². The largest absolute Gasteiger partial charge is 0.479 e. The molecular weight excluding hydrogens is 274 g/mol. The van der Waals surface area contributed by atoms with E-state index in [4.69, 9.17) is 9.84 Å². The molecule has 1 heterocycles. The summed E-state index contributed by atoms with van der Waals surface area (Å²) in [5, 5.41) is 10.2. The molecule has 20 heavy (non-hydrogen) atoms. The Balaban J connectivity index is 2.28. The van der Waals surface area contributed by atoms with Crippen molar-refractivity contribution in [3.8, 4) is 5.75 Å². The third-order valence-corrected chi connectivity index (χ3v) is 4.17. The van der Waals surface area contributed by atoms with Crippen LogP contribution in [0.5, 0.6) is 5.75 Å². The Morgan fingerprint density at radius 3 is 2.90 bits per heavy atom. The van der Waals surface area contributed by atoms with Crippen LogP contribution in [0.15, 0.2) is 18.2 Å². The average molecular weight is 293 g/mol. The molecule has 0 aliphatic carbocycles. The molecule has 108 valence electrons. The van der Waals surface area contributed by atoms with Crippen LogP contribution in [-0.2, 0) is 11.2 Å². The van der Waals surface area contributed by atoms with Crippen LogP contribution in [0, 0.1) is 0 Å². The number of benzene rings is 1. The summed E-state index contributed by atoms with van der Waals surface area (Å²) in [6.45, 7) is 3.95. The van der Waals surface area contributed by atoms with Crippen molar-refractivity contribution in [2.24, 2.45) is 0 Å². The molecule has 4 nitrogen and oxygen atoms in total. The lowest BCUT2D eigenvalue weighted by atomic mass is 10.2. The molecule has 1 aromatic carbocycles. The smallest absolute Gasteiger partial charge is 0.344 e. The molecule has 0 saturated heterocycles. The molecule has 0 radical (unpaired) electrons. The number of fused-ring (bicyclic) bond motifs is 1. The van der Waals surface area contributed by atoms with Crippen LogP contribution in [0.3, 0.4) is 0 Å². The second-order valence-corrected chi connectivity index (χ2v) is 5.78. The van der Waals surface area contributed by atoms with E-state index in [9.17, 15) is 4.79 Å². The minimum absolute atomic E-state index is 0.429. The highest BCUT2D eigenvalue weighted by atomic mass is 32.1. The third kappa shape index (κ3) is 3.28. The number of aromatic nitrogens is 1. The molecule has 0 aliphatic rings. The topological polar surface area (TPSA) is 59.4 Å². The van der Waals surface area contributed by atoms with E-state index in [0.717, 1.165) is 34.5 Å². The van der Waals surface area contributed by atoms with E-state index in [0.29, 0.717) is 12.2 Å². The van der Waals surface area contributed by atoms with Crippen molar-refractivity contribution in [2.75, 3.05) is 0 Å². The van der Waals surface area contributed by atoms with E-state index in [1.54, 1.807) is 24.3 Å². The van der Waals surface area contributed by atoms with Gasteiger partial charge >= 0.3 is 5.97 Å². The lowest BCUT2D eigenvalue weighted by Gasteiger charge is -2.13. The Morgan fingerprint density at radius 1 is 1.45 bits per heavy atom. The minimum atomic E-state index is -0.939. The number of aliphatic carboxylic acids is 1. The first-order chi connectivity index (χ1) is 9.65. The number of hydrogen-bond acceptors (Lipinski definition) is 4. The number of carbonyl (C=O) groups is 1. The fourth-order valence-electron chi connectivity index (χ4n) is 1.96. The Bertz CT molecular complexity index is 594. The third-order valence-electron chi connectivity index (χ3n) is 3.09. The van der Waals surface area contributed by atoms with E-state index in [1.165, 1.54) is 0 Å². The van der Waals surface area contributed by atoms with Crippen LogP contribution in [0.1, 0.15) is 38.1 Å². The zero-order chi connectivity index (χ0) is 14.5. The van der Waals surface area contributed by atoms with Crippen molar-refractivity contribution < 1.29 is 14.6 Å². The molecule has 1 atom stereocenters. The van der Waals surface area contributed by atoms with Gasteiger partial charge in [0.25, 0.3) is 0 Å². The maximum absolute atomic E-state index is 11.1. The van der Waals surface area contributed by atoms with Gasteiger partial charge in [-0.05, 0) is 31.4 Å². The molecule has 2 rings (SSSR count). The second-order valence-electron chi connectivity index (χ2n) is 4.67. The number of hydrogen-bond donors (Lipinski definition) is 1. The van der Waals surface area contributed by atoms with Crippen LogP contribution in [0.25, 0.3) is 10.2 Å². The Hall–Kier alpha value is -1.62. The molecule has 5 heteroatoms. The number of para-hydroxylation sites is 1. The fraction of sp³-hybridized carbons (Fsp3) is 0.467. The van der Waals surface area contributed by atoms with Gasteiger partial charge in [0.1, 0.15) is 11.3 Å². The number of ether oxygens (including phenoxy) is 1. The summed E-state index contributed by atoms with van der Waals surface area (Å²) in [5.41, 5.74) is 0.781. The van der Waals surface area contributed by atoms with Crippen LogP contribution < -0.4 is 4.74 Å². The molecule has 0 spiro atoms. The quantitative estimate of drug-likeness (QED) is 0.841. The zero-order valence-electron chi connectivity index (χ0n) is 11.8. The van der Waals surface area contributed by atoms with Gasteiger partial charge < -0.3 is 9.84 Å². The maximum atomic E-state index is 11.1. The summed E-state index contributed by atoms with van der Waals surface area (Å²) in [4.78, 5) is 15.7. The summed E-state index contributed by atoms with van der Waals surface area (Å²) < 4.78 is 6.65.